The summed E-state index contributed by atoms with van der Waals surface area (Å²) in [6, 6.07) is 48.9. The molecule has 0 spiro atoms. The van der Waals surface area contributed by atoms with Gasteiger partial charge in [-0.2, -0.15) is 18.2 Å². The Hall–Kier alpha value is -7.33. The first-order chi connectivity index (χ1) is 44.9. The molecule has 0 aliphatic heterocycles. The van der Waals surface area contributed by atoms with E-state index in [1.165, 1.54) is 0 Å². The number of rotatable bonds is 8. The number of aromatic nitrogens is 4. The molecule has 0 amide bonds. The molecule has 3 heterocycles. The summed E-state index contributed by atoms with van der Waals surface area (Å²) in [7, 11) is 0. The van der Waals surface area contributed by atoms with Gasteiger partial charge in [-0.25, -0.2) is 4.98 Å². The topological polar surface area (TPSA) is 35.9 Å². The zero-order valence-electron chi connectivity index (χ0n) is 64.2. The number of fused-ring (bicyclic) bond motifs is 5. The van der Waals surface area contributed by atoms with Crippen molar-refractivity contribution in [2.45, 2.75) is 130 Å². The molecule has 11 aromatic rings. The largest absolute Gasteiger partial charge is 0.510 e. The number of hydrogen-bond donors (Lipinski definition) is 0. The van der Waals surface area contributed by atoms with E-state index >= 15 is 0 Å². The summed E-state index contributed by atoms with van der Waals surface area (Å²) >= 11 is 0. The second-order valence-corrected chi connectivity index (χ2v) is 24.1. The zero-order chi connectivity index (χ0) is 70.7. The van der Waals surface area contributed by atoms with E-state index in [9.17, 15) is 4.11 Å². The molecule has 5 nitrogen and oxygen atoms in total. The molecular formula is C74H72N4OPt-2. The van der Waals surface area contributed by atoms with Crippen LogP contribution in [0.1, 0.15) is 154 Å². The fraction of sp³-hybridized carbons (Fsp3) is 0.270. The van der Waals surface area contributed by atoms with Crippen LogP contribution in [0.4, 0.5) is 0 Å². The molecule has 1 aliphatic carbocycles. The number of imidazole rings is 1. The van der Waals surface area contributed by atoms with Crippen LogP contribution in [0.5, 0.6) is 11.5 Å². The van der Waals surface area contributed by atoms with Crippen molar-refractivity contribution < 1.29 is 55.0 Å². The number of pyridine rings is 1. The number of aryl methyl sites for hydroxylation is 1. The monoisotopic (exact) mass is 1250 g/mol. The van der Waals surface area contributed by atoms with Gasteiger partial charge in [-0.05, 0) is 125 Å². The van der Waals surface area contributed by atoms with Crippen LogP contribution in [-0.4, -0.2) is 14.1 Å². The van der Waals surface area contributed by atoms with Crippen LogP contribution in [0.3, 0.4) is 0 Å². The van der Waals surface area contributed by atoms with Gasteiger partial charge in [-0.15, -0.1) is 29.7 Å². The second-order valence-electron chi connectivity index (χ2n) is 24.1. The molecule has 0 atom stereocenters. The Kier molecular flexibility index (Phi) is 9.09. The number of benzene rings is 8. The van der Waals surface area contributed by atoms with Gasteiger partial charge in [-0.3, -0.25) is 4.57 Å². The fourth-order valence-electron chi connectivity index (χ4n) is 10.9. The minimum atomic E-state index is -3.69. The van der Waals surface area contributed by atoms with E-state index in [-0.39, 0.29) is 54.8 Å². The molecule has 0 radical (unpaired) electrons. The maximum atomic E-state index is 10.3. The quantitative estimate of drug-likeness (QED) is 0.112. The summed E-state index contributed by atoms with van der Waals surface area (Å²) in [5.74, 6) is 0.899. The van der Waals surface area contributed by atoms with Crippen molar-refractivity contribution in [2.75, 3.05) is 0 Å². The van der Waals surface area contributed by atoms with Gasteiger partial charge in [0.1, 0.15) is 5.82 Å². The molecule has 0 fully saturated rings. The van der Waals surface area contributed by atoms with Crippen LogP contribution < -0.4 is 9.30 Å². The Labute approximate surface area is 513 Å². The molecule has 6 heteroatoms. The van der Waals surface area contributed by atoms with Gasteiger partial charge in [0, 0.05) is 70.4 Å². The number of para-hydroxylation sites is 4. The van der Waals surface area contributed by atoms with Crippen molar-refractivity contribution in [3.8, 4) is 62.1 Å². The Morgan fingerprint density at radius 3 is 1.96 bits per heavy atom. The normalized spacial score (nSPS) is 18.3. The molecule has 0 N–H and O–H groups in total. The van der Waals surface area contributed by atoms with Crippen LogP contribution in [0.15, 0.2) is 170 Å². The van der Waals surface area contributed by atoms with Gasteiger partial charge >= 0.3 is 0 Å². The molecule has 3 aromatic heterocycles. The van der Waals surface area contributed by atoms with Crippen molar-refractivity contribution in [2.24, 2.45) is 0 Å². The minimum Gasteiger partial charge on any atom is -0.510 e. The van der Waals surface area contributed by atoms with Crippen LogP contribution >= 0.6 is 0 Å². The van der Waals surface area contributed by atoms with Crippen LogP contribution in [0.25, 0.3) is 83.4 Å². The van der Waals surface area contributed by atoms with Crippen molar-refractivity contribution >= 4 is 32.8 Å². The number of ether oxygens (including phenoxy) is 1. The Bertz CT molecular complexity index is 4930. The first-order valence-corrected chi connectivity index (χ1v) is 26.6. The summed E-state index contributed by atoms with van der Waals surface area (Å²) in [6.45, 7) is 1.57. The maximum absolute atomic E-state index is 10.3. The molecule has 8 aromatic carbocycles. The molecular weight excluding hydrogens is 1160 g/mol. The molecule has 0 saturated carbocycles. The van der Waals surface area contributed by atoms with E-state index in [2.05, 4.69) is 86.8 Å². The molecule has 0 unspecified atom stereocenters. The Morgan fingerprint density at radius 1 is 0.588 bits per heavy atom. The third-order valence-corrected chi connectivity index (χ3v) is 15.2. The average Bonchev–Trinajstić information content (AvgIpc) is 1.49. The van der Waals surface area contributed by atoms with E-state index in [1.54, 1.807) is 63.9 Å². The summed E-state index contributed by atoms with van der Waals surface area (Å²) in [4.78, 5) is 4.95. The fourth-order valence-corrected chi connectivity index (χ4v) is 10.9. The number of nitrogens with zero attached hydrogens (tertiary/aromatic N) is 4. The van der Waals surface area contributed by atoms with Gasteiger partial charge in [0.05, 0.1) is 20.8 Å². The second kappa shape index (κ2) is 19.7. The summed E-state index contributed by atoms with van der Waals surface area (Å²) in [5.41, 5.74) is -1.50. The smallest absolute Gasteiger partial charge is 0.268 e. The van der Waals surface area contributed by atoms with Gasteiger partial charge in [-0.1, -0.05) is 216 Å². The molecule has 0 saturated heterocycles. The van der Waals surface area contributed by atoms with Crippen LogP contribution in [0, 0.1) is 25.3 Å². The van der Waals surface area contributed by atoms with Crippen LogP contribution in [0.2, 0.25) is 0 Å². The maximum Gasteiger partial charge on any atom is 0.268 e. The average molecular weight is 1250 g/mol. The van der Waals surface area contributed by atoms with E-state index in [0.717, 1.165) is 38.5 Å². The predicted octanol–water partition coefficient (Wildman–Crippen LogP) is 18.8. The third kappa shape index (κ3) is 9.74. The van der Waals surface area contributed by atoms with Gasteiger partial charge in [0.15, 0.2) is 0 Å². The van der Waals surface area contributed by atoms with E-state index in [1.807, 2.05) is 95.6 Å². The zero-order valence-corrected chi connectivity index (χ0v) is 48.4. The molecule has 0 bridgehead atoms. The van der Waals surface area contributed by atoms with Gasteiger partial charge in [0.2, 0.25) is 0 Å². The molecule has 1 aliphatic rings. The molecule has 12 rings (SSSR count). The van der Waals surface area contributed by atoms with Crippen molar-refractivity contribution in [3.05, 3.63) is 222 Å². The number of hydrogen-bond acceptors (Lipinski definition) is 2. The van der Waals surface area contributed by atoms with E-state index in [0.29, 0.717) is 44.7 Å². The molecule has 406 valence electrons. The van der Waals surface area contributed by atoms with Gasteiger partial charge < -0.3 is 13.9 Å². The van der Waals surface area contributed by atoms with Gasteiger partial charge in [0.25, 0.3) is 6.33 Å². The Morgan fingerprint density at radius 2 is 1.24 bits per heavy atom. The first-order valence-electron chi connectivity index (χ1n) is 35.6. The summed E-state index contributed by atoms with van der Waals surface area (Å²) in [5, 5.41) is 1.68. The van der Waals surface area contributed by atoms with Crippen LogP contribution in [-0.2, 0) is 48.1 Å². The van der Waals surface area contributed by atoms with E-state index < -0.39 is 97.2 Å². The van der Waals surface area contributed by atoms with Crippen molar-refractivity contribution in [1.82, 2.24) is 14.1 Å². The standard InChI is InChI=1S/C74H72N4O.Pt/c1-47-36-68(75-44-61(47)48-22-19-23-51(37-48)70(2,3)4)78-64-29-16-15-26-59(64)60-34-33-56(43-67(60)78)79-55-25-20-24-54(42-55)76-46-77(66-31-18-17-30-65(66)76)69-57(49-32-35-62-63(40-49)74(13,14)45-73(62,11)12)27-21-28-58(69)50-38-52(71(5,6)7)41-53(39-50)72(8,9)10;/h15-41,44H,45H2,1-14H3;/q-2;/i1D3,11D3,12D3,13D3,14D3,32D,35D,40D;. The van der Waals surface area contributed by atoms with Crippen molar-refractivity contribution in [3.63, 3.8) is 0 Å². The SMILES string of the molecule is [2H]c1c([2H])c2c(c([2H])c1-c1cccc(-c3cc(C(C)(C)C)cc(C(C)(C)C)c3)c1-[n+]1[c-]n(-c3[c-]c(Oc4[c-]c5c(cc4)c4ccccc4n5-c4cc(C([2H])([2H])[2H])c(-c5cccc(C(C)(C)C)c5)cn4)ccc3)c3ccccc31)C(C([2H])([2H])[2H])(C([2H])([2H])[2H])CC2(C([2H])([2H])[2H])C([2H])([2H])[2H].[Pt]. The molecule has 80 heavy (non-hydrogen) atoms. The van der Waals surface area contributed by atoms with Crippen molar-refractivity contribution in [1.29, 1.82) is 0 Å². The van der Waals surface area contributed by atoms with E-state index in [4.69, 9.17) is 30.3 Å². The third-order valence-electron chi connectivity index (χ3n) is 15.2. The first kappa shape index (κ1) is 36.8. The Balaban J connectivity index is 0.00000972. The predicted molar refractivity (Wildman–Crippen MR) is 328 cm³/mol. The summed E-state index contributed by atoms with van der Waals surface area (Å²) in [6.07, 6.45) is 3.63. The minimum absolute atomic E-state index is 0. The summed E-state index contributed by atoms with van der Waals surface area (Å²) < 4.78 is 175.